The summed E-state index contributed by atoms with van der Waals surface area (Å²) in [7, 11) is 3.49. The fraction of sp³-hybridized carbons (Fsp3) is 0.467. The number of likely N-dealkylation sites (tertiary alicyclic amines) is 1. The molecule has 1 aliphatic rings. The van der Waals surface area contributed by atoms with E-state index in [1.807, 2.05) is 4.90 Å². The molecule has 1 aromatic carbocycles. The molecule has 21 heavy (non-hydrogen) atoms. The third-order valence-corrected chi connectivity index (χ3v) is 3.63. The lowest BCUT2D eigenvalue weighted by Gasteiger charge is -2.25. The number of nitrogens with zero attached hydrogens (tertiary/aromatic N) is 2. The Morgan fingerprint density at radius 3 is 2.62 bits per heavy atom. The van der Waals surface area contributed by atoms with Crippen LogP contribution in [0.1, 0.15) is 12.8 Å². The Morgan fingerprint density at radius 1 is 1.33 bits per heavy atom. The summed E-state index contributed by atoms with van der Waals surface area (Å²) in [6, 6.07) is 6.82. The Morgan fingerprint density at radius 2 is 2.00 bits per heavy atom. The predicted molar refractivity (Wildman–Crippen MR) is 82.8 cm³/mol. The SMILES string of the molecule is CN(C)C(=O)C1CCCN1CC(=O)Nc1ccc(N)cc1. The third-order valence-electron chi connectivity index (χ3n) is 3.63. The van der Waals surface area contributed by atoms with Crippen molar-refractivity contribution in [3.8, 4) is 0 Å². The molecule has 0 aromatic heterocycles. The molecule has 3 N–H and O–H groups in total. The maximum absolute atomic E-state index is 12.1. The smallest absolute Gasteiger partial charge is 0.239 e. The summed E-state index contributed by atoms with van der Waals surface area (Å²) < 4.78 is 0. The largest absolute Gasteiger partial charge is 0.399 e. The maximum atomic E-state index is 12.1. The highest BCUT2D eigenvalue weighted by Crippen LogP contribution is 2.18. The maximum Gasteiger partial charge on any atom is 0.239 e. The van der Waals surface area contributed by atoms with Gasteiger partial charge >= 0.3 is 0 Å². The van der Waals surface area contributed by atoms with Gasteiger partial charge in [0.05, 0.1) is 12.6 Å². The number of nitrogen functional groups attached to an aromatic ring is 1. The van der Waals surface area contributed by atoms with Gasteiger partial charge in [0, 0.05) is 25.5 Å². The normalized spacial score (nSPS) is 18.5. The molecule has 0 bridgehead atoms. The first kappa shape index (κ1) is 15.3. The first-order chi connectivity index (χ1) is 9.97. The molecule has 1 aromatic rings. The van der Waals surface area contributed by atoms with Crippen molar-refractivity contribution < 1.29 is 9.59 Å². The molecule has 1 fully saturated rings. The van der Waals surface area contributed by atoms with Crippen LogP contribution in [0, 0.1) is 0 Å². The van der Waals surface area contributed by atoms with Gasteiger partial charge in [0.25, 0.3) is 0 Å². The summed E-state index contributed by atoms with van der Waals surface area (Å²) >= 11 is 0. The molecular weight excluding hydrogens is 268 g/mol. The number of hydrogen-bond donors (Lipinski definition) is 2. The lowest BCUT2D eigenvalue weighted by Crippen LogP contribution is -2.45. The van der Waals surface area contributed by atoms with Crippen LogP contribution in [0.4, 0.5) is 11.4 Å². The molecule has 0 spiro atoms. The number of amides is 2. The van der Waals surface area contributed by atoms with Crippen LogP contribution >= 0.6 is 0 Å². The van der Waals surface area contributed by atoms with Crippen LogP contribution in [0.5, 0.6) is 0 Å². The van der Waals surface area contributed by atoms with Crippen LogP contribution in [0.2, 0.25) is 0 Å². The topological polar surface area (TPSA) is 78.7 Å². The van der Waals surface area contributed by atoms with Crippen LogP contribution in [0.25, 0.3) is 0 Å². The van der Waals surface area contributed by atoms with E-state index in [1.54, 1.807) is 43.3 Å². The van der Waals surface area contributed by atoms with Gasteiger partial charge in [0.1, 0.15) is 0 Å². The Bertz CT molecular complexity index is 513. The van der Waals surface area contributed by atoms with Crippen molar-refractivity contribution in [1.82, 2.24) is 9.80 Å². The van der Waals surface area contributed by atoms with E-state index < -0.39 is 0 Å². The van der Waals surface area contributed by atoms with Gasteiger partial charge in [0.2, 0.25) is 11.8 Å². The summed E-state index contributed by atoms with van der Waals surface area (Å²) in [4.78, 5) is 27.7. The second-order valence-electron chi connectivity index (χ2n) is 5.53. The molecule has 1 heterocycles. The summed E-state index contributed by atoms with van der Waals surface area (Å²) in [5.41, 5.74) is 6.97. The lowest BCUT2D eigenvalue weighted by molar-refractivity contribution is -0.133. The fourth-order valence-electron chi connectivity index (χ4n) is 2.54. The van der Waals surface area contributed by atoms with E-state index in [9.17, 15) is 9.59 Å². The monoisotopic (exact) mass is 290 g/mol. The number of likely N-dealkylation sites (N-methyl/N-ethyl adjacent to an activating group) is 1. The Balaban J connectivity index is 1.92. The lowest BCUT2D eigenvalue weighted by atomic mass is 10.2. The van der Waals surface area contributed by atoms with Crippen molar-refractivity contribution >= 4 is 23.2 Å². The van der Waals surface area contributed by atoms with E-state index in [4.69, 9.17) is 5.73 Å². The molecule has 1 atom stereocenters. The highest BCUT2D eigenvalue weighted by atomic mass is 16.2. The molecule has 2 amide bonds. The van der Waals surface area contributed by atoms with Crippen molar-refractivity contribution in [1.29, 1.82) is 0 Å². The quantitative estimate of drug-likeness (QED) is 0.803. The van der Waals surface area contributed by atoms with Gasteiger partial charge in [-0.1, -0.05) is 0 Å². The van der Waals surface area contributed by atoms with Crippen LogP contribution in [-0.4, -0.2) is 54.8 Å². The first-order valence-corrected chi connectivity index (χ1v) is 7.08. The van der Waals surface area contributed by atoms with Crippen LogP contribution in [0.3, 0.4) is 0 Å². The van der Waals surface area contributed by atoms with Gasteiger partial charge in [-0.3, -0.25) is 14.5 Å². The summed E-state index contributed by atoms with van der Waals surface area (Å²) in [6.07, 6.45) is 1.76. The third kappa shape index (κ3) is 3.95. The molecule has 0 radical (unpaired) electrons. The van der Waals surface area contributed by atoms with Gasteiger partial charge in [-0.25, -0.2) is 0 Å². The second-order valence-corrected chi connectivity index (χ2v) is 5.53. The van der Waals surface area contributed by atoms with E-state index >= 15 is 0 Å². The van der Waals surface area contributed by atoms with Gasteiger partial charge in [-0.05, 0) is 43.7 Å². The van der Waals surface area contributed by atoms with Crippen molar-refractivity contribution in [2.75, 3.05) is 38.2 Å². The average Bonchev–Trinajstić information content (AvgIpc) is 2.88. The minimum Gasteiger partial charge on any atom is -0.399 e. The molecule has 1 saturated heterocycles. The van der Waals surface area contributed by atoms with Gasteiger partial charge < -0.3 is 16.0 Å². The van der Waals surface area contributed by atoms with E-state index in [-0.39, 0.29) is 24.4 Å². The number of benzene rings is 1. The fourth-order valence-corrected chi connectivity index (χ4v) is 2.54. The van der Waals surface area contributed by atoms with Crippen molar-refractivity contribution in [3.63, 3.8) is 0 Å². The number of carbonyl (C=O) groups is 2. The summed E-state index contributed by atoms with van der Waals surface area (Å²) in [5, 5.41) is 2.82. The Hall–Kier alpha value is -2.08. The van der Waals surface area contributed by atoms with Crippen molar-refractivity contribution in [3.05, 3.63) is 24.3 Å². The van der Waals surface area contributed by atoms with Crippen LogP contribution in [-0.2, 0) is 9.59 Å². The van der Waals surface area contributed by atoms with Gasteiger partial charge in [-0.2, -0.15) is 0 Å². The van der Waals surface area contributed by atoms with Crippen molar-refractivity contribution in [2.24, 2.45) is 0 Å². The van der Waals surface area contributed by atoms with E-state index in [0.717, 1.165) is 19.4 Å². The highest BCUT2D eigenvalue weighted by molar-refractivity contribution is 5.93. The number of anilines is 2. The van der Waals surface area contributed by atoms with Crippen LogP contribution < -0.4 is 11.1 Å². The number of nitrogens with two attached hydrogens (primary N) is 1. The van der Waals surface area contributed by atoms with E-state index in [2.05, 4.69) is 5.32 Å². The minimum absolute atomic E-state index is 0.0628. The Labute approximate surface area is 124 Å². The van der Waals surface area contributed by atoms with Crippen molar-refractivity contribution in [2.45, 2.75) is 18.9 Å². The molecule has 1 unspecified atom stereocenters. The average molecular weight is 290 g/mol. The zero-order chi connectivity index (χ0) is 15.4. The Kier molecular flexibility index (Phi) is 4.80. The summed E-state index contributed by atoms with van der Waals surface area (Å²) in [6.45, 7) is 1.01. The summed E-state index contributed by atoms with van der Waals surface area (Å²) in [5.74, 6) is -0.0500. The first-order valence-electron chi connectivity index (χ1n) is 7.08. The van der Waals surface area contributed by atoms with E-state index in [1.165, 1.54) is 0 Å². The minimum atomic E-state index is -0.183. The molecule has 0 saturated carbocycles. The highest BCUT2D eigenvalue weighted by Gasteiger charge is 2.32. The van der Waals surface area contributed by atoms with Gasteiger partial charge in [0.15, 0.2) is 0 Å². The van der Waals surface area contributed by atoms with Gasteiger partial charge in [-0.15, -0.1) is 0 Å². The standard InChI is InChI=1S/C15H22N4O2/c1-18(2)15(21)13-4-3-9-19(13)10-14(20)17-12-7-5-11(16)6-8-12/h5-8,13H,3-4,9-10,16H2,1-2H3,(H,17,20). The molecule has 6 nitrogen and oxygen atoms in total. The molecule has 114 valence electrons. The predicted octanol–water partition coefficient (Wildman–Crippen LogP) is 0.760. The molecular formula is C15H22N4O2. The second kappa shape index (κ2) is 6.58. The van der Waals surface area contributed by atoms with Crippen LogP contribution in [0.15, 0.2) is 24.3 Å². The number of hydrogen-bond acceptors (Lipinski definition) is 4. The van der Waals surface area contributed by atoms with E-state index in [0.29, 0.717) is 11.4 Å². The molecule has 2 rings (SSSR count). The zero-order valence-electron chi connectivity index (χ0n) is 12.5. The molecule has 1 aliphatic heterocycles. The molecule has 6 heteroatoms. The number of nitrogens with one attached hydrogen (secondary N) is 1. The number of rotatable bonds is 4. The zero-order valence-corrected chi connectivity index (χ0v) is 12.5. The number of carbonyl (C=O) groups excluding carboxylic acids is 2. The molecule has 0 aliphatic carbocycles.